The van der Waals surface area contributed by atoms with Gasteiger partial charge in [0.15, 0.2) is 0 Å². The van der Waals surface area contributed by atoms with E-state index >= 15 is 0 Å². The summed E-state index contributed by atoms with van der Waals surface area (Å²) in [6, 6.07) is 9.85. The zero-order valence-electron chi connectivity index (χ0n) is 13.3. The molecule has 0 bridgehead atoms. The monoisotopic (exact) mass is 327 g/mol. The molecule has 1 aromatic rings. The van der Waals surface area contributed by atoms with Gasteiger partial charge < -0.3 is 15.5 Å². The van der Waals surface area contributed by atoms with Crippen molar-refractivity contribution >= 4 is 24.2 Å². The zero-order chi connectivity index (χ0) is 15.5. The van der Waals surface area contributed by atoms with Gasteiger partial charge in [0, 0.05) is 19.5 Å². The van der Waals surface area contributed by atoms with E-state index in [9.17, 15) is 9.59 Å². The summed E-state index contributed by atoms with van der Waals surface area (Å²) >= 11 is 0. The van der Waals surface area contributed by atoms with Crippen molar-refractivity contribution in [2.24, 2.45) is 0 Å². The summed E-state index contributed by atoms with van der Waals surface area (Å²) in [7, 11) is 1.85. The van der Waals surface area contributed by atoms with Crippen LogP contribution < -0.4 is 10.6 Å². The number of amides is 2. The van der Waals surface area contributed by atoms with Crippen LogP contribution in [0.5, 0.6) is 0 Å². The second-order valence-electron chi connectivity index (χ2n) is 4.88. The van der Waals surface area contributed by atoms with Gasteiger partial charge in [0.25, 0.3) is 0 Å². The Morgan fingerprint density at radius 1 is 1.18 bits per heavy atom. The normalized spacial score (nSPS) is 9.73. The topological polar surface area (TPSA) is 61.4 Å². The maximum absolute atomic E-state index is 12.1. The Morgan fingerprint density at radius 3 is 2.45 bits per heavy atom. The number of benzene rings is 1. The van der Waals surface area contributed by atoms with E-state index in [0.29, 0.717) is 19.5 Å². The highest BCUT2D eigenvalue weighted by molar-refractivity contribution is 5.85. The first-order chi connectivity index (χ1) is 10.2. The van der Waals surface area contributed by atoms with Crippen LogP contribution in [0.1, 0.15) is 25.3 Å². The predicted octanol–water partition coefficient (Wildman–Crippen LogP) is 1.57. The van der Waals surface area contributed by atoms with Crippen LogP contribution in [0.15, 0.2) is 30.3 Å². The van der Waals surface area contributed by atoms with E-state index in [1.54, 1.807) is 4.90 Å². The molecule has 5 nitrogen and oxygen atoms in total. The molecule has 2 amide bonds. The van der Waals surface area contributed by atoms with Crippen LogP contribution >= 0.6 is 12.4 Å². The number of rotatable bonds is 9. The molecule has 1 aromatic carbocycles. The molecule has 0 saturated heterocycles. The molecule has 1 rings (SSSR count). The second kappa shape index (κ2) is 12.0. The minimum Gasteiger partial charge on any atom is -0.347 e. The first-order valence-electron chi connectivity index (χ1n) is 7.40. The first kappa shape index (κ1) is 20.4. The van der Waals surface area contributed by atoms with Crippen molar-refractivity contribution < 1.29 is 9.59 Å². The van der Waals surface area contributed by atoms with Crippen molar-refractivity contribution in [2.75, 3.05) is 26.7 Å². The van der Waals surface area contributed by atoms with E-state index in [4.69, 9.17) is 0 Å². The smallest absolute Gasteiger partial charge is 0.242 e. The lowest BCUT2D eigenvalue weighted by Gasteiger charge is -2.21. The lowest BCUT2D eigenvalue weighted by molar-refractivity contribution is -0.133. The molecule has 0 atom stereocenters. The van der Waals surface area contributed by atoms with E-state index in [2.05, 4.69) is 10.6 Å². The Hall–Kier alpha value is -1.59. The number of likely N-dealkylation sites (N-methyl/N-ethyl adjacent to an activating group) is 1. The summed E-state index contributed by atoms with van der Waals surface area (Å²) in [5.41, 5.74) is 1.09. The second-order valence-corrected chi connectivity index (χ2v) is 4.88. The highest BCUT2D eigenvalue weighted by Crippen LogP contribution is 2.04. The van der Waals surface area contributed by atoms with Crippen molar-refractivity contribution in [2.45, 2.75) is 26.3 Å². The van der Waals surface area contributed by atoms with Crippen LogP contribution in [0.4, 0.5) is 0 Å². The van der Waals surface area contributed by atoms with Crippen LogP contribution in [-0.2, 0) is 16.1 Å². The van der Waals surface area contributed by atoms with Gasteiger partial charge in [-0.3, -0.25) is 9.59 Å². The van der Waals surface area contributed by atoms with Gasteiger partial charge in [-0.25, -0.2) is 0 Å². The average Bonchev–Trinajstić information content (AvgIpc) is 2.51. The van der Waals surface area contributed by atoms with Gasteiger partial charge in [0.2, 0.25) is 11.8 Å². The summed E-state index contributed by atoms with van der Waals surface area (Å²) in [6.07, 6.45) is 1.22. The Kier molecular flexibility index (Phi) is 11.1. The Balaban J connectivity index is 0.00000441. The van der Waals surface area contributed by atoms with E-state index in [-0.39, 0.29) is 30.8 Å². The van der Waals surface area contributed by atoms with Crippen LogP contribution in [-0.4, -0.2) is 43.4 Å². The van der Waals surface area contributed by atoms with Gasteiger partial charge >= 0.3 is 0 Å². The molecule has 124 valence electrons. The van der Waals surface area contributed by atoms with Crippen molar-refractivity contribution in [3.05, 3.63) is 35.9 Å². The van der Waals surface area contributed by atoms with Crippen molar-refractivity contribution in [3.63, 3.8) is 0 Å². The van der Waals surface area contributed by atoms with E-state index in [1.807, 2.05) is 44.3 Å². The number of carbonyl (C=O) groups is 2. The van der Waals surface area contributed by atoms with Crippen molar-refractivity contribution in [3.8, 4) is 0 Å². The molecular formula is C16H26ClN3O2. The Labute approximate surface area is 138 Å². The van der Waals surface area contributed by atoms with E-state index in [0.717, 1.165) is 18.5 Å². The largest absolute Gasteiger partial charge is 0.347 e. The van der Waals surface area contributed by atoms with Crippen LogP contribution in [0.3, 0.4) is 0 Å². The quantitative estimate of drug-likeness (QED) is 0.677. The Morgan fingerprint density at radius 2 is 1.86 bits per heavy atom. The van der Waals surface area contributed by atoms with E-state index < -0.39 is 0 Å². The summed E-state index contributed by atoms with van der Waals surface area (Å²) in [5.74, 6) is -0.127. The average molecular weight is 328 g/mol. The number of halogens is 1. The molecule has 0 heterocycles. The molecule has 6 heteroatoms. The zero-order valence-corrected chi connectivity index (χ0v) is 14.1. The lowest BCUT2D eigenvalue weighted by Crippen LogP contribution is -2.39. The third kappa shape index (κ3) is 8.00. The molecule has 0 saturated carbocycles. The summed E-state index contributed by atoms with van der Waals surface area (Å²) in [4.78, 5) is 25.4. The first-order valence-corrected chi connectivity index (χ1v) is 7.40. The number of hydrogen-bond acceptors (Lipinski definition) is 3. The molecule has 0 fully saturated rings. The minimum atomic E-state index is -0.0747. The summed E-state index contributed by atoms with van der Waals surface area (Å²) in [6.45, 7) is 4.01. The predicted molar refractivity (Wildman–Crippen MR) is 91.0 cm³/mol. The molecule has 0 radical (unpaired) electrons. The van der Waals surface area contributed by atoms with Crippen LogP contribution in [0.2, 0.25) is 0 Å². The fourth-order valence-corrected chi connectivity index (χ4v) is 1.98. The van der Waals surface area contributed by atoms with Crippen molar-refractivity contribution in [1.29, 1.82) is 0 Å². The third-order valence-corrected chi connectivity index (χ3v) is 3.22. The van der Waals surface area contributed by atoms with Crippen LogP contribution in [0, 0.1) is 0 Å². The summed E-state index contributed by atoms with van der Waals surface area (Å²) < 4.78 is 0. The number of carbonyl (C=O) groups excluding carboxylic acids is 2. The highest BCUT2D eigenvalue weighted by Gasteiger charge is 2.13. The fraction of sp³-hybridized carbons (Fsp3) is 0.500. The van der Waals surface area contributed by atoms with Gasteiger partial charge in [-0.1, -0.05) is 30.3 Å². The fourth-order valence-electron chi connectivity index (χ4n) is 1.98. The maximum atomic E-state index is 12.1. The van der Waals surface area contributed by atoms with Gasteiger partial charge in [-0.2, -0.15) is 0 Å². The summed E-state index contributed by atoms with van der Waals surface area (Å²) in [5, 5.41) is 5.67. The van der Waals surface area contributed by atoms with Gasteiger partial charge in [-0.05, 0) is 32.5 Å². The minimum absolute atomic E-state index is 0. The molecule has 2 N–H and O–H groups in total. The molecule has 0 spiro atoms. The van der Waals surface area contributed by atoms with Crippen molar-refractivity contribution in [1.82, 2.24) is 15.5 Å². The molecule has 0 aliphatic rings. The standard InChI is InChI=1S/C16H25N3O2.ClH/c1-3-19(13-14-8-5-4-6-9-14)16(21)12-18-15(20)10-7-11-17-2;/h4-6,8-9,17H,3,7,10-13H2,1-2H3,(H,18,20);1H. The lowest BCUT2D eigenvalue weighted by atomic mass is 10.2. The SMILES string of the molecule is CCN(Cc1ccccc1)C(=O)CNC(=O)CCCNC.Cl. The Bertz CT molecular complexity index is 440. The number of hydrogen-bond donors (Lipinski definition) is 2. The van der Waals surface area contributed by atoms with Gasteiger partial charge in [-0.15, -0.1) is 12.4 Å². The molecular weight excluding hydrogens is 302 g/mol. The molecule has 0 unspecified atom stereocenters. The van der Waals surface area contributed by atoms with Crippen LogP contribution in [0.25, 0.3) is 0 Å². The number of nitrogens with one attached hydrogen (secondary N) is 2. The number of nitrogens with zero attached hydrogens (tertiary/aromatic N) is 1. The van der Waals surface area contributed by atoms with E-state index in [1.165, 1.54) is 0 Å². The molecule has 0 aliphatic heterocycles. The maximum Gasteiger partial charge on any atom is 0.242 e. The van der Waals surface area contributed by atoms with Gasteiger partial charge in [0.05, 0.1) is 6.54 Å². The third-order valence-electron chi connectivity index (χ3n) is 3.22. The highest BCUT2D eigenvalue weighted by atomic mass is 35.5. The molecule has 22 heavy (non-hydrogen) atoms. The van der Waals surface area contributed by atoms with Gasteiger partial charge in [0.1, 0.15) is 0 Å². The molecule has 0 aliphatic carbocycles. The molecule has 0 aromatic heterocycles.